The van der Waals surface area contributed by atoms with Crippen molar-refractivity contribution in [3.05, 3.63) is 28.2 Å². The quantitative estimate of drug-likeness (QED) is 0.592. The Balaban J connectivity index is 2.20. The molecule has 80 valence electrons. The van der Waals surface area contributed by atoms with E-state index in [1.54, 1.807) is 12.1 Å². The highest BCUT2D eigenvalue weighted by atomic mass is 35.5. The lowest BCUT2D eigenvalue weighted by Crippen LogP contribution is -2.14. The van der Waals surface area contributed by atoms with Crippen molar-refractivity contribution in [1.82, 2.24) is 0 Å². The van der Waals surface area contributed by atoms with Crippen LogP contribution in [0.4, 0.5) is 5.69 Å². The molecular weight excluding hydrogens is 237 g/mol. The third-order valence-electron chi connectivity index (χ3n) is 2.33. The molecule has 1 saturated heterocycles. The zero-order valence-corrected chi connectivity index (χ0v) is 9.55. The third kappa shape index (κ3) is 1.90. The van der Waals surface area contributed by atoms with Gasteiger partial charge in [-0.25, -0.2) is 4.79 Å². The highest BCUT2D eigenvalue weighted by Crippen LogP contribution is 2.38. The van der Waals surface area contributed by atoms with Crippen LogP contribution in [-0.2, 0) is 9.53 Å². The van der Waals surface area contributed by atoms with Crippen molar-refractivity contribution >= 4 is 34.9 Å². The van der Waals surface area contributed by atoms with Crippen molar-refractivity contribution in [3.8, 4) is 0 Å². The second-order valence-corrected chi connectivity index (χ2v) is 4.05. The summed E-state index contributed by atoms with van der Waals surface area (Å²) in [7, 11) is 1.37. The number of hydrogen-bond donors (Lipinski definition) is 0. The van der Waals surface area contributed by atoms with Crippen LogP contribution < -0.4 is 4.90 Å². The van der Waals surface area contributed by atoms with E-state index in [0.717, 1.165) is 5.69 Å². The minimum absolute atomic E-state index is 0.217. The molecule has 1 heterocycles. The van der Waals surface area contributed by atoms with Gasteiger partial charge in [0, 0.05) is 0 Å². The van der Waals surface area contributed by atoms with Gasteiger partial charge in [-0.1, -0.05) is 29.3 Å². The zero-order chi connectivity index (χ0) is 11.0. The van der Waals surface area contributed by atoms with Gasteiger partial charge in [-0.2, -0.15) is 0 Å². The van der Waals surface area contributed by atoms with Gasteiger partial charge in [0.05, 0.1) is 29.4 Å². The van der Waals surface area contributed by atoms with E-state index in [4.69, 9.17) is 23.2 Å². The monoisotopic (exact) mass is 245 g/mol. The van der Waals surface area contributed by atoms with E-state index >= 15 is 0 Å². The molecule has 0 amide bonds. The first-order chi connectivity index (χ1) is 7.15. The second-order valence-electron chi connectivity index (χ2n) is 3.26. The summed E-state index contributed by atoms with van der Waals surface area (Å²) in [5.74, 6) is -0.244. The minimum atomic E-state index is -0.244. The van der Waals surface area contributed by atoms with Gasteiger partial charge >= 0.3 is 5.97 Å². The Labute approximate surface area is 97.5 Å². The molecule has 0 bridgehead atoms. The number of benzene rings is 1. The Hall–Kier alpha value is -0.930. The van der Waals surface area contributed by atoms with Crippen molar-refractivity contribution in [3.63, 3.8) is 0 Å². The second kappa shape index (κ2) is 3.91. The predicted molar refractivity (Wildman–Crippen MR) is 59.6 cm³/mol. The number of methoxy groups -OCH3 is 1. The minimum Gasteiger partial charge on any atom is -0.467 e. The third-order valence-corrected chi connectivity index (χ3v) is 3.14. The molecule has 15 heavy (non-hydrogen) atoms. The van der Waals surface area contributed by atoms with Crippen LogP contribution in [0.2, 0.25) is 10.0 Å². The van der Waals surface area contributed by atoms with Crippen LogP contribution in [0.1, 0.15) is 0 Å². The molecule has 0 N–H and O–H groups in total. The standard InChI is InChI=1S/C10H9Cl2NO2/c1-15-10(14)8-5-13(8)7-4-2-3-6(11)9(7)12/h2-4,8H,5H2,1H3. The van der Waals surface area contributed by atoms with E-state index in [9.17, 15) is 4.79 Å². The van der Waals surface area contributed by atoms with Crippen molar-refractivity contribution in [2.75, 3.05) is 18.6 Å². The van der Waals surface area contributed by atoms with E-state index in [2.05, 4.69) is 4.74 Å². The highest BCUT2D eigenvalue weighted by Gasteiger charge is 2.42. The summed E-state index contributed by atoms with van der Waals surface area (Å²) in [4.78, 5) is 13.1. The van der Waals surface area contributed by atoms with Crippen molar-refractivity contribution in [2.45, 2.75) is 6.04 Å². The average molecular weight is 246 g/mol. The Morgan fingerprint density at radius 3 is 2.93 bits per heavy atom. The molecule has 3 nitrogen and oxygen atoms in total. The molecule has 2 rings (SSSR count). The van der Waals surface area contributed by atoms with Gasteiger partial charge in [-0.05, 0) is 12.1 Å². The molecule has 1 aliphatic heterocycles. The topological polar surface area (TPSA) is 29.3 Å². The maximum atomic E-state index is 11.2. The number of carbonyl (C=O) groups is 1. The summed E-state index contributed by atoms with van der Waals surface area (Å²) in [6.07, 6.45) is 0. The molecular formula is C10H9Cl2NO2. The number of esters is 1. The number of carbonyl (C=O) groups excluding carboxylic acids is 1. The Morgan fingerprint density at radius 2 is 2.27 bits per heavy atom. The van der Waals surface area contributed by atoms with Gasteiger partial charge in [0.15, 0.2) is 0 Å². The fourth-order valence-corrected chi connectivity index (χ4v) is 1.86. The highest BCUT2D eigenvalue weighted by molar-refractivity contribution is 6.43. The summed E-state index contributed by atoms with van der Waals surface area (Å²) in [6.45, 7) is 0.632. The zero-order valence-electron chi connectivity index (χ0n) is 8.04. The maximum absolute atomic E-state index is 11.2. The van der Waals surface area contributed by atoms with E-state index in [-0.39, 0.29) is 12.0 Å². The van der Waals surface area contributed by atoms with E-state index in [1.807, 2.05) is 11.0 Å². The van der Waals surface area contributed by atoms with Crippen molar-refractivity contribution in [1.29, 1.82) is 0 Å². The summed E-state index contributed by atoms with van der Waals surface area (Å²) in [6, 6.07) is 5.13. The van der Waals surface area contributed by atoms with Gasteiger partial charge < -0.3 is 9.64 Å². The van der Waals surface area contributed by atoms with Gasteiger partial charge in [-0.3, -0.25) is 0 Å². The molecule has 0 aromatic heterocycles. The van der Waals surface area contributed by atoms with Crippen LogP contribution in [0.25, 0.3) is 0 Å². The molecule has 1 aliphatic rings. The van der Waals surface area contributed by atoms with Gasteiger partial charge in [0.25, 0.3) is 0 Å². The molecule has 1 unspecified atom stereocenters. The Morgan fingerprint density at radius 1 is 1.53 bits per heavy atom. The van der Waals surface area contributed by atoms with Crippen LogP contribution in [0.15, 0.2) is 18.2 Å². The summed E-state index contributed by atoms with van der Waals surface area (Å²) >= 11 is 11.9. The first-order valence-electron chi connectivity index (χ1n) is 4.43. The maximum Gasteiger partial charge on any atom is 0.330 e. The van der Waals surface area contributed by atoms with Gasteiger partial charge in [0.1, 0.15) is 6.04 Å². The molecule has 0 spiro atoms. The molecule has 1 atom stereocenters. The fourth-order valence-electron chi connectivity index (χ4n) is 1.46. The summed E-state index contributed by atoms with van der Waals surface area (Å²) < 4.78 is 4.64. The fraction of sp³-hybridized carbons (Fsp3) is 0.300. The molecule has 0 aliphatic carbocycles. The lowest BCUT2D eigenvalue weighted by atomic mass is 10.3. The summed E-state index contributed by atoms with van der Waals surface area (Å²) in [5.41, 5.74) is 0.777. The van der Waals surface area contributed by atoms with E-state index in [0.29, 0.717) is 16.6 Å². The molecule has 5 heteroatoms. The average Bonchev–Trinajstić information content (AvgIpc) is 3.01. The smallest absolute Gasteiger partial charge is 0.330 e. The molecule has 0 saturated carbocycles. The van der Waals surface area contributed by atoms with Crippen LogP contribution in [0, 0.1) is 0 Å². The van der Waals surface area contributed by atoms with Gasteiger partial charge in [-0.15, -0.1) is 0 Å². The number of anilines is 1. The van der Waals surface area contributed by atoms with Gasteiger partial charge in [0.2, 0.25) is 0 Å². The van der Waals surface area contributed by atoms with Crippen molar-refractivity contribution in [2.24, 2.45) is 0 Å². The first-order valence-corrected chi connectivity index (χ1v) is 5.19. The van der Waals surface area contributed by atoms with Crippen LogP contribution in [0.3, 0.4) is 0 Å². The van der Waals surface area contributed by atoms with Crippen molar-refractivity contribution < 1.29 is 9.53 Å². The number of halogens is 2. The lowest BCUT2D eigenvalue weighted by Gasteiger charge is -2.07. The van der Waals surface area contributed by atoms with Crippen LogP contribution >= 0.6 is 23.2 Å². The molecule has 1 aromatic carbocycles. The molecule has 1 fully saturated rings. The predicted octanol–water partition coefficient (Wildman–Crippen LogP) is 2.36. The largest absolute Gasteiger partial charge is 0.467 e. The van der Waals surface area contributed by atoms with E-state index < -0.39 is 0 Å². The Kier molecular flexibility index (Phi) is 2.76. The summed E-state index contributed by atoms with van der Waals surface area (Å²) in [5, 5.41) is 0.968. The Bertz CT molecular complexity index is 408. The molecule has 0 radical (unpaired) electrons. The number of rotatable bonds is 2. The molecule has 1 aromatic rings. The van der Waals surface area contributed by atoms with Crippen LogP contribution in [-0.4, -0.2) is 25.7 Å². The first kappa shape index (κ1) is 10.6. The number of nitrogens with zero attached hydrogens (tertiary/aromatic N) is 1. The lowest BCUT2D eigenvalue weighted by molar-refractivity contribution is -0.139. The number of ether oxygens (including phenoxy) is 1. The SMILES string of the molecule is COC(=O)C1CN1c1cccc(Cl)c1Cl. The normalized spacial score (nSPS) is 18.9. The van der Waals surface area contributed by atoms with E-state index in [1.165, 1.54) is 7.11 Å². The van der Waals surface area contributed by atoms with Crippen LogP contribution in [0.5, 0.6) is 0 Å². The number of hydrogen-bond acceptors (Lipinski definition) is 3.